The number of morpholine rings is 1. The van der Waals surface area contributed by atoms with Crippen molar-refractivity contribution in [2.45, 2.75) is 28.7 Å². The van der Waals surface area contributed by atoms with Crippen LogP contribution < -0.4 is 10.0 Å². The van der Waals surface area contributed by atoms with Crippen LogP contribution >= 0.6 is 0 Å². The lowest BCUT2D eigenvalue weighted by molar-refractivity contribution is 0.0696. The van der Waals surface area contributed by atoms with Gasteiger partial charge in [0.05, 0.1) is 46.0 Å². The summed E-state index contributed by atoms with van der Waals surface area (Å²) < 4.78 is 67.0. The van der Waals surface area contributed by atoms with Crippen LogP contribution in [0.2, 0.25) is 0 Å². The van der Waals surface area contributed by atoms with Crippen LogP contribution in [0.3, 0.4) is 0 Å². The average Bonchev–Trinajstić information content (AvgIpc) is 3.37. The first-order chi connectivity index (χ1) is 16.7. The maximum Gasteiger partial charge on any atom is 0.335 e. The number of hydrogen-bond donors (Lipinski definition) is 3. The standard InChI is InChI=1S/C22H27N3O8S2/c26-22(27)16-3-5-18(6-4-16)34(28,29)24-21-14-19(35(30,31)25-9-12-32-13-10-25)7-8-20(21)23-15-17-2-1-11-33-17/h3-8,14,17,23-24H,1-2,9-13,15H2,(H,26,27). The van der Waals surface area contributed by atoms with Gasteiger partial charge in [0.15, 0.2) is 0 Å². The highest BCUT2D eigenvalue weighted by molar-refractivity contribution is 7.92. The number of nitrogens with one attached hydrogen (secondary N) is 2. The van der Waals surface area contributed by atoms with Gasteiger partial charge in [-0.2, -0.15) is 4.31 Å². The first-order valence-corrected chi connectivity index (χ1v) is 14.0. The molecule has 1 unspecified atom stereocenters. The molecule has 35 heavy (non-hydrogen) atoms. The minimum absolute atomic E-state index is 0.0280. The molecule has 3 N–H and O–H groups in total. The van der Waals surface area contributed by atoms with Crippen molar-refractivity contribution in [3.05, 3.63) is 48.0 Å². The van der Waals surface area contributed by atoms with E-state index >= 15 is 0 Å². The third-order valence-electron chi connectivity index (χ3n) is 5.80. The van der Waals surface area contributed by atoms with E-state index in [1.54, 1.807) is 0 Å². The molecule has 13 heteroatoms. The van der Waals surface area contributed by atoms with Crippen LogP contribution in [0.25, 0.3) is 0 Å². The van der Waals surface area contributed by atoms with E-state index in [4.69, 9.17) is 14.6 Å². The van der Waals surface area contributed by atoms with Gasteiger partial charge >= 0.3 is 5.97 Å². The maximum atomic E-state index is 13.2. The van der Waals surface area contributed by atoms with E-state index in [1.165, 1.54) is 46.8 Å². The lowest BCUT2D eigenvalue weighted by atomic mass is 10.2. The molecule has 0 aliphatic carbocycles. The molecule has 190 valence electrons. The lowest BCUT2D eigenvalue weighted by Gasteiger charge is -2.26. The molecule has 4 rings (SSSR count). The molecule has 0 aromatic heterocycles. The minimum Gasteiger partial charge on any atom is -0.478 e. The highest BCUT2D eigenvalue weighted by Crippen LogP contribution is 2.30. The number of aromatic carboxylic acids is 1. The van der Waals surface area contributed by atoms with Crippen molar-refractivity contribution in [1.29, 1.82) is 0 Å². The van der Waals surface area contributed by atoms with E-state index in [0.717, 1.165) is 12.8 Å². The van der Waals surface area contributed by atoms with E-state index in [1.807, 2.05) is 0 Å². The summed E-state index contributed by atoms with van der Waals surface area (Å²) in [6.07, 6.45) is 1.78. The smallest absolute Gasteiger partial charge is 0.335 e. The number of carboxylic acid groups (broad SMARTS) is 1. The molecule has 0 radical (unpaired) electrons. The summed E-state index contributed by atoms with van der Waals surface area (Å²) in [4.78, 5) is 10.9. The van der Waals surface area contributed by atoms with Gasteiger partial charge in [-0.25, -0.2) is 21.6 Å². The van der Waals surface area contributed by atoms with Crippen molar-refractivity contribution in [3.8, 4) is 0 Å². The molecule has 11 nitrogen and oxygen atoms in total. The summed E-state index contributed by atoms with van der Waals surface area (Å²) >= 11 is 0. The second-order valence-electron chi connectivity index (χ2n) is 8.17. The Bertz CT molecular complexity index is 1270. The van der Waals surface area contributed by atoms with Crippen LogP contribution in [-0.2, 0) is 29.5 Å². The molecule has 2 saturated heterocycles. The van der Waals surface area contributed by atoms with E-state index in [2.05, 4.69) is 10.0 Å². The predicted molar refractivity (Wildman–Crippen MR) is 128 cm³/mol. The van der Waals surface area contributed by atoms with E-state index in [-0.39, 0.29) is 53.4 Å². The Morgan fingerprint density at radius 3 is 2.29 bits per heavy atom. The molecule has 2 aromatic carbocycles. The number of anilines is 2. The third kappa shape index (κ3) is 5.93. The Balaban J connectivity index is 1.65. The van der Waals surface area contributed by atoms with Gasteiger partial charge in [-0.15, -0.1) is 0 Å². The van der Waals surface area contributed by atoms with Gasteiger partial charge in [0.1, 0.15) is 0 Å². The first kappa shape index (κ1) is 25.4. The lowest BCUT2D eigenvalue weighted by Crippen LogP contribution is -2.40. The van der Waals surface area contributed by atoms with Gasteiger partial charge < -0.3 is 19.9 Å². The van der Waals surface area contributed by atoms with E-state index < -0.39 is 26.0 Å². The molecule has 2 aliphatic rings. The van der Waals surface area contributed by atoms with Crippen LogP contribution in [0.1, 0.15) is 23.2 Å². The highest BCUT2D eigenvalue weighted by Gasteiger charge is 2.28. The van der Waals surface area contributed by atoms with Gasteiger partial charge in [0.25, 0.3) is 10.0 Å². The fraction of sp³-hybridized carbons (Fsp3) is 0.409. The quantitative estimate of drug-likeness (QED) is 0.445. The molecule has 0 amide bonds. The van der Waals surface area contributed by atoms with Crippen LogP contribution in [0.15, 0.2) is 52.3 Å². The number of carbonyl (C=O) groups is 1. The highest BCUT2D eigenvalue weighted by atomic mass is 32.2. The Morgan fingerprint density at radius 1 is 0.971 bits per heavy atom. The zero-order valence-electron chi connectivity index (χ0n) is 18.8. The van der Waals surface area contributed by atoms with Crippen molar-refractivity contribution < 1.29 is 36.2 Å². The molecule has 2 aromatic rings. The molecule has 0 bridgehead atoms. The predicted octanol–water partition coefficient (Wildman–Crippen LogP) is 1.80. The Morgan fingerprint density at radius 2 is 1.66 bits per heavy atom. The zero-order valence-corrected chi connectivity index (χ0v) is 20.5. The molecule has 0 spiro atoms. The number of hydrogen-bond acceptors (Lipinski definition) is 8. The van der Waals surface area contributed by atoms with Crippen LogP contribution in [-0.4, -0.2) is 77.8 Å². The fourth-order valence-electron chi connectivity index (χ4n) is 3.87. The van der Waals surface area contributed by atoms with Crippen LogP contribution in [0.5, 0.6) is 0 Å². The van der Waals surface area contributed by atoms with Crippen LogP contribution in [0, 0.1) is 0 Å². The molecular weight excluding hydrogens is 498 g/mol. The molecule has 2 aliphatic heterocycles. The summed E-state index contributed by atoms with van der Waals surface area (Å²) in [6.45, 7) is 2.07. The Labute approximate surface area is 204 Å². The van der Waals surface area contributed by atoms with Gasteiger partial charge in [0, 0.05) is 26.2 Å². The topological polar surface area (TPSA) is 151 Å². The number of rotatable bonds is 9. The number of carboxylic acids is 1. The maximum absolute atomic E-state index is 13.2. The van der Waals surface area contributed by atoms with Gasteiger partial charge in [0.2, 0.25) is 10.0 Å². The van der Waals surface area contributed by atoms with Crippen molar-refractivity contribution in [2.75, 3.05) is 49.5 Å². The molecule has 0 saturated carbocycles. The molecule has 2 fully saturated rings. The number of nitrogens with zero attached hydrogens (tertiary/aromatic N) is 1. The summed E-state index contributed by atoms with van der Waals surface area (Å²) in [7, 11) is -8.01. The summed E-state index contributed by atoms with van der Waals surface area (Å²) in [5.74, 6) is -1.18. The normalized spacial score (nSPS) is 19.4. The summed E-state index contributed by atoms with van der Waals surface area (Å²) in [6, 6.07) is 8.97. The van der Waals surface area contributed by atoms with E-state index in [0.29, 0.717) is 18.8 Å². The van der Waals surface area contributed by atoms with Gasteiger partial charge in [-0.1, -0.05) is 0 Å². The molecule has 2 heterocycles. The third-order valence-corrected chi connectivity index (χ3v) is 9.07. The summed E-state index contributed by atoms with van der Waals surface area (Å²) in [5.41, 5.74) is 0.397. The zero-order chi connectivity index (χ0) is 25.1. The largest absolute Gasteiger partial charge is 0.478 e. The second kappa shape index (κ2) is 10.5. The Kier molecular flexibility index (Phi) is 7.62. The minimum atomic E-state index is -4.15. The fourth-order valence-corrected chi connectivity index (χ4v) is 6.37. The molecular formula is C22H27N3O8S2. The van der Waals surface area contributed by atoms with Crippen molar-refractivity contribution in [3.63, 3.8) is 0 Å². The van der Waals surface area contributed by atoms with Gasteiger partial charge in [-0.05, 0) is 55.3 Å². The number of benzene rings is 2. The van der Waals surface area contributed by atoms with Gasteiger partial charge in [-0.3, -0.25) is 4.72 Å². The second-order valence-corrected chi connectivity index (χ2v) is 11.8. The van der Waals surface area contributed by atoms with Crippen LogP contribution in [0.4, 0.5) is 11.4 Å². The molecule has 1 atom stereocenters. The monoisotopic (exact) mass is 525 g/mol. The van der Waals surface area contributed by atoms with Crippen molar-refractivity contribution in [2.24, 2.45) is 0 Å². The number of sulfonamides is 2. The average molecular weight is 526 g/mol. The van der Waals surface area contributed by atoms with Crippen molar-refractivity contribution in [1.82, 2.24) is 4.31 Å². The first-order valence-electron chi connectivity index (χ1n) is 11.1. The number of ether oxygens (including phenoxy) is 2. The Hall–Kier alpha value is -2.71. The van der Waals surface area contributed by atoms with E-state index in [9.17, 15) is 21.6 Å². The van der Waals surface area contributed by atoms with Crippen molar-refractivity contribution >= 4 is 37.4 Å². The summed E-state index contributed by atoms with van der Waals surface area (Å²) in [5, 5.41) is 12.2. The SMILES string of the molecule is O=C(O)c1ccc(S(=O)(=O)Nc2cc(S(=O)(=O)N3CCOCC3)ccc2NCC2CCCO2)cc1.